The zero-order chi connectivity index (χ0) is 13.8. The maximum Gasteiger partial charge on any atom is 0.243 e. The molecule has 2 aromatic rings. The highest BCUT2D eigenvalue weighted by molar-refractivity contribution is 9.10. The third kappa shape index (κ3) is 3.13. The zero-order valence-corrected chi connectivity index (χ0v) is 12.5. The molecule has 1 atom stereocenters. The molecule has 1 unspecified atom stereocenters. The summed E-state index contributed by atoms with van der Waals surface area (Å²) >= 11 is 3.43. The molecule has 0 saturated carbocycles. The van der Waals surface area contributed by atoms with Gasteiger partial charge < -0.3 is 15.0 Å². The zero-order valence-electron chi connectivity index (χ0n) is 10.9. The Labute approximate surface area is 120 Å². The predicted molar refractivity (Wildman–Crippen MR) is 75.8 cm³/mol. The van der Waals surface area contributed by atoms with E-state index in [1.807, 2.05) is 18.2 Å². The van der Waals surface area contributed by atoms with E-state index in [1.54, 1.807) is 7.11 Å². The van der Waals surface area contributed by atoms with E-state index < -0.39 is 0 Å². The Morgan fingerprint density at radius 1 is 1.47 bits per heavy atom. The first-order chi connectivity index (χ1) is 9.15. The van der Waals surface area contributed by atoms with Crippen LogP contribution in [0.2, 0.25) is 0 Å². The lowest BCUT2D eigenvalue weighted by Crippen LogP contribution is -2.09. The highest BCUT2D eigenvalue weighted by Crippen LogP contribution is 2.29. The third-order valence-corrected chi connectivity index (χ3v) is 3.39. The molecule has 0 saturated heterocycles. The molecule has 2 rings (SSSR count). The molecule has 0 amide bonds. The summed E-state index contributed by atoms with van der Waals surface area (Å²) in [6.45, 7) is 2.07. The fraction of sp³-hybridized carbons (Fsp3) is 0.385. The molecular weight excluding hydrogens is 310 g/mol. The summed E-state index contributed by atoms with van der Waals surface area (Å²) in [5.74, 6) is 1.77. The predicted octanol–water partition coefficient (Wildman–Crippen LogP) is 3.31. The van der Waals surface area contributed by atoms with Crippen LogP contribution in [0.4, 0.5) is 0 Å². The van der Waals surface area contributed by atoms with E-state index >= 15 is 0 Å². The Morgan fingerprint density at radius 3 is 2.89 bits per heavy atom. The Bertz CT molecular complexity index is 557. The lowest BCUT2D eigenvalue weighted by molar-refractivity contribution is 0.348. The van der Waals surface area contributed by atoms with Crippen molar-refractivity contribution in [2.75, 3.05) is 7.11 Å². The second-order valence-corrected chi connectivity index (χ2v) is 5.06. The highest BCUT2D eigenvalue weighted by Gasteiger charge is 2.15. The van der Waals surface area contributed by atoms with E-state index in [4.69, 9.17) is 15.0 Å². The lowest BCUT2D eigenvalue weighted by atomic mass is 10.2. The van der Waals surface area contributed by atoms with Gasteiger partial charge in [0, 0.05) is 5.56 Å². The van der Waals surface area contributed by atoms with E-state index in [0.29, 0.717) is 11.7 Å². The molecule has 5 nitrogen and oxygen atoms in total. The molecule has 1 heterocycles. The van der Waals surface area contributed by atoms with Crippen molar-refractivity contribution in [3.05, 3.63) is 28.6 Å². The number of benzene rings is 1. The molecule has 102 valence electrons. The Hall–Kier alpha value is -1.40. The van der Waals surface area contributed by atoms with Crippen molar-refractivity contribution < 1.29 is 9.26 Å². The first-order valence-corrected chi connectivity index (χ1v) is 6.88. The molecule has 0 fully saturated rings. The minimum Gasteiger partial charge on any atom is -0.496 e. The van der Waals surface area contributed by atoms with Gasteiger partial charge >= 0.3 is 0 Å². The third-order valence-electron chi connectivity index (χ3n) is 2.77. The average Bonchev–Trinajstić information content (AvgIpc) is 2.88. The first kappa shape index (κ1) is 14.0. The van der Waals surface area contributed by atoms with Gasteiger partial charge in [-0.1, -0.05) is 18.5 Å². The number of nitrogens with two attached hydrogens (primary N) is 1. The molecule has 1 aromatic carbocycles. The normalized spacial score (nSPS) is 12.4. The van der Waals surface area contributed by atoms with Gasteiger partial charge in [0.2, 0.25) is 11.7 Å². The quantitative estimate of drug-likeness (QED) is 0.912. The molecular formula is C13H16BrN3O2. The molecule has 2 N–H and O–H groups in total. The van der Waals surface area contributed by atoms with Gasteiger partial charge in [0.25, 0.3) is 0 Å². The van der Waals surface area contributed by atoms with Crippen LogP contribution in [-0.2, 0) is 0 Å². The number of methoxy groups -OCH3 is 1. The molecule has 0 aliphatic rings. The van der Waals surface area contributed by atoms with Crippen LogP contribution in [0, 0.1) is 0 Å². The molecule has 0 aliphatic heterocycles. The maximum atomic E-state index is 5.95. The molecule has 6 heteroatoms. The summed E-state index contributed by atoms with van der Waals surface area (Å²) in [6, 6.07) is 5.41. The summed E-state index contributed by atoms with van der Waals surface area (Å²) in [7, 11) is 1.62. The Balaban J connectivity index is 2.25. The number of hydrogen-bond acceptors (Lipinski definition) is 5. The van der Waals surface area contributed by atoms with E-state index in [-0.39, 0.29) is 6.04 Å². The van der Waals surface area contributed by atoms with E-state index in [1.165, 1.54) is 0 Å². The lowest BCUT2D eigenvalue weighted by Gasteiger charge is -2.03. The van der Waals surface area contributed by atoms with Crippen LogP contribution in [0.15, 0.2) is 27.2 Å². The Kier molecular flexibility index (Phi) is 4.55. The average molecular weight is 326 g/mol. The second kappa shape index (κ2) is 6.16. The van der Waals surface area contributed by atoms with Crippen LogP contribution >= 0.6 is 15.9 Å². The monoisotopic (exact) mass is 325 g/mol. The van der Waals surface area contributed by atoms with Gasteiger partial charge in [-0.2, -0.15) is 4.98 Å². The Morgan fingerprint density at radius 2 is 2.26 bits per heavy atom. The van der Waals surface area contributed by atoms with Gasteiger partial charge in [-0.3, -0.25) is 0 Å². The number of ether oxygens (including phenoxy) is 1. The highest BCUT2D eigenvalue weighted by atomic mass is 79.9. The smallest absolute Gasteiger partial charge is 0.243 e. The van der Waals surface area contributed by atoms with Crippen molar-refractivity contribution in [2.45, 2.75) is 25.8 Å². The topological polar surface area (TPSA) is 74.2 Å². The fourth-order valence-electron chi connectivity index (χ4n) is 1.74. The number of halogens is 1. The molecule has 0 radical (unpaired) electrons. The van der Waals surface area contributed by atoms with Crippen molar-refractivity contribution in [1.82, 2.24) is 10.1 Å². The maximum absolute atomic E-state index is 5.95. The van der Waals surface area contributed by atoms with Gasteiger partial charge in [-0.05, 0) is 40.5 Å². The summed E-state index contributed by atoms with van der Waals surface area (Å²) in [5.41, 5.74) is 6.80. The van der Waals surface area contributed by atoms with Crippen molar-refractivity contribution in [3.63, 3.8) is 0 Å². The summed E-state index contributed by atoms with van der Waals surface area (Å²) in [4.78, 5) is 4.33. The van der Waals surface area contributed by atoms with Crippen LogP contribution in [-0.4, -0.2) is 17.3 Å². The van der Waals surface area contributed by atoms with E-state index in [2.05, 4.69) is 33.0 Å². The van der Waals surface area contributed by atoms with Crippen molar-refractivity contribution in [3.8, 4) is 17.1 Å². The number of hydrogen-bond donors (Lipinski definition) is 1. The fourth-order valence-corrected chi connectivity index (χ4v) is 2.28. The van der Waals surface area contributed by atoms with Crippen LogP contribution in [0.25, 0.3) is 11.4 Å². The van der Waals surface area contributed by atoms with Gasteiger partial charge in [-0.25, -0.2) is 0 Å². The largest absolute Gasteiger partial charge is 0.496 e. The van der Waals surface area contributed by atoms with Gasteiger partial charge in [-0.15, -0.1) is 0 Å². The van der Waals surface area contributed by atoms with E-state index in [0.717, 1.165) is 28.6 Å². The minimum absolute atomic E-state index is 0.201. The summed E-state index contributed by atoms with van der Waals surface area (Å²) < 4.78 is 11.2. The van der Waals surface area contributed by atoms with Crippen LogP contribution < -0.4 is 10.5 Å². The molecule has 0 spiro atoms. The van der Waals surface area contributed by atoms with E-state index in [9.17, 15) is 0 Å². The first-order valence-electron chi connectivity index (χ1n) is 6.08. The van der Waals surface area contributed by atoms with Crippen LogP contribution in [0.3, 0.4) is 0 Å². The number of aromatic nitrogens is 2. The minimum atomic E-state index is -0.201. The standard InChI is InChI=1S/C13H16BrN3O2/c1-3-4-10(15)13-16-12(17-19-13)8-5-6-11(18-2)9(14)7-8/h5-7,10H,3-4,15H2,1-2H3. The van der Waals surface area contributed by atoms with Crippen LogP contribution in [0.5, 0.6) is 5.75 Å². The van der Waals surface area contributed by atoms with Crippen molar-refractivity contribution >= 4 is 15.9 Å². The van der Waals surface area contributed by atoms with Gasteiger partial charge in [0.05, 0.1) is 17.6 Å². The number of nitrogens with zero attached hydrogens (tertiary/aromatic N) is 2. The van der Waals surface area contributed by atoms with Crippen molar-refractivity contribution in [2.24, 2.45) is 5.73 Å². The molecule has 0 bridgehead atoms. The van der Waals surface area contributed by atoms with Gasteiger partial charge in [0.15, 0.2) is 0 Å². The SMILES string of the molecule is CCCC(N)c1nc(-c2ccc(OC)c(Br)c2)no1. The molecule has 19 heavy (non-hydrogen) atoms. The number of rotatable bonds is 5. The summed E-state index contributed by atoms with van der Waals surface area (Å²) in [5, 5.41) is 3.96. The van der Waals surface area contributed by atoms with Gasteiger partial charge in [0.1, 0.15) is 5.75 Å². The summed E-state index contributed by atoms with van der Waals surface area (Å²) in [6.07, 6.45) is 1.81. The van der Waals surface area contributed by atoms with Crippen molar-refractivity contribution in [1.29, 1.82) is 0 Å². The molecule has 1 aromatic heterocycles. The second-order valence-electron chi connectivity index (χ2n) is 4.20. The van der Waals surface area contributed by atoms with Crippen LogP contribution in [0.1, 0.15) is 31.7 Å². The molecule has 0 aliphatic carbocycles.